The zero-order valence-corrected chi connectivity index (χ0v) is 25.8. The summed E-state index contributed by atoms with van der Waals surface area (Å²) in [6.07, 6.45) is 0. The van der Waals surface area contributed by atoms with E-state index in [0.29, 0.717) is 0 Å². The van der Waals surface area contributed by atoms with E-state index >= 15 is 0 Å². The van der Waals surface area contributed by atoms with E-state index in [2.05, 4.69) is 143 Å². The van der Waals surface area contributed by atoms with Crippen molar-refractivity contribution in [3.05, 3.63) is 164 Å². The molecule has 7 aromatic carbocycles. The van der Waals surface area contributed by atoms with E-state index in [1.54, 1.807) is 7.11 Å². The molecule has 0 aliphatic carbocycles. The summed E-state index contributed by atoms with van der Waals surface area (Å²) in [4.78, 5) is 2.31. The first-order valence-electron chi connectivity index (χ1n) is 15.8. The van der Waals surface area contributed by atoms with Crippen LogP contribution < -0.4 is 9.64 Å². The van der Waals surface area contributed by atoms with Crippen LogP contribution in [0.25, 0.3) is 60.6 Å². The molecule has 4 heteroatoms. The molecule has 0 bridgehead atoms. The van der Waals surface area contributed by atoms with E-state index in [4.69, 9.17) is 9.15 Å². The van der Waals surface area contributed by atoms with E-state index in [9.17, 15) is 0 Å². The van der Waals surface area contributed by atoms with Crippen LogP contribution in [-0.4, -0.2) is 11.7 Å². The summed E-state index contributed by atoms with van der Waals surface area (Å²) >= 11 is 0. The molecule has 9 rings (SSSR count). The molecule has 0 unspecified atom stereocenters. The molecule has 224 valence electrons. The maximum absolute atomic E-state index is 6.18. The van der Waals surface area contributed by atoms with Crippen molar-refractivity contribution in [2.75, 3.05) is 12.0 Å². The topological polar surface area (TPSA) is 30.5 Å². The molecule has 0 saturated carbocycles. The lowest BCUT2D eigenvalue weighted by atomic mass is 10.0. The van der Waals surface area contributed by atoms with Crippen LogP contribution in [0.15, 0.2) is 168 Å². The van der Waals surface area contributed by atoms with E-state index in [1.165, 1.54) is 21.9 Å². The Bertz CT molecular complexity index is 2540. The standard InChI is InChI=1S/C43H30N2O2/c1-46-35-23-19-32(20-24-35)44(31-17-15-30(16-18-31)29-9-3-2-4-10-29)34-21-25-37-36-11-5-7-13-40(36)45(41(37)28-34)33-22-26-43-39(27-33)38-12-6-8-14-42(38)47-43/h2-28H,1H3. The van der Waals surface area contributed by atoms with Crippen LogP contribution in [0.3, 0.4) is 0 Å². The summed E-state index contributed by atoms with van der Waals surface area (Å²) in [6.45, 7) is 0. The molecule has 0 atom stereocenters. The first-order chi connectivity index (χ1) is 23.2. The number of rotatable bonds is 6. The van der Waals surface area contributed by atoms with Gasteiger partial charge in [0.1, 0.15) is 16.9 Å². The first kappa shape index (κ1) is 27.1. The number of benzene rings is 7. The predicted molar refractivity (Wildman–Crippen MR) is 195 cm³/mol. The summed E-state index contributed by atoms with van der Waals surface area (Å²) < 4.78 is 14.1. The molecule has 9 aromatic rings. The second-order valence-corrected chi connectivity index (χ2v) is 11.8. The van der Waals surface area contributed by atoms with Gasteiger partial charge in [0.05, 0.1) is 18.1 Å². The summed E-state index contributed by atoms with van der Waals surface area (Å²) in [5.41, 5.74) is 10.7. The quantitative estimate of drug-likeness (QED) is 0.189. The number of para-hydroxylation sites is 2. The van der Waals surface area contributed by atoms with Gasteiger partial charge in [-0.3, -0.25) is 0 Å². The molecule has 2 heterocycles. The molecule has 4 nitrogen and oxygen atoms in total. The van der Waals surface area contributed by atoms with Crippen molar-refractivity contribution in [3.63, 3.8) is 0 Å². The van der Waals surface area contributed by atoms with Gasteiger partial charge in [0.15, 0.2) is 0 Å². The number of methoxy groups -OCH3 is 1. The van der Waals surface area contributed by atoms with Gasteiger partial charge in [0.2, 0.25) is 0 Å². The van der Waals surface area contributed by atoms with Crippen LogP contribution in [0.1, 0.15) is 0 Å². The predicted octanol–water partition coefficient (Wildman–Crippen LogP) is 11.8. The normalized spacial score (nSPS) is 11.5. The summed E-state index contributed by atoms with van der Waals surface area (Å²) in [6, 6.07) is 57.7. The lowest BCUT2D eigenvalue weighted by Crippen LogP contribution is -2.10. The second-order valence-electron chi connectivity index (χ2n) is 11.8. The average Bonchev–Trinajstić information content (AvgIpc) is 3.68. The Morgan fingerprint density at radius 1 is 0.468 bits per heavy atom. The van der Waals surface area contributed by atoms with Crippen molar-refractivity contribution in [2.45, 2.75) is 0 Å². The van der Waals surface area contributed by atoms with Crippen LogP contribution in [0.4, 0.5) is 17.1 Å². The first-order valence-corrected chi connectivity index (χ1v) is 15.8. The van der Waals surface area contributed by atoms with Crippen LogP contribution in [0.5, 0.6) is 5.75 Å². The third kappa shape index (κ3) is 4.53. The second kappa shape index (κ2) is 11.0. The highest BCUT2D eigenvalue weighted by molar-refractivity contribution is 6.11. The Balaban J connectivity index is 1.25. The van der Waals surface area contributed by atoms with E-state index in [0.717, 1.165) is 61.5 Å². The van der Waals surface area contributed by atoms with Gasteiger partial charge in [-0.2, -0.15) is 0 Å². The molecule has 0 N–H and O–H groups in total. The van der Waals surface area contributed by atoms with Gasteiger partial charge in [-0.05, 0) is 90.0 Å². The number of nitrogens with zero attached hydrogens (tertiary/aromatic N) is 2. The molecule has 47 heavy (non-hydrogen) atoms. The summed E-state index contributed by atoms with van der Waals surface area (Å²) in [5.74, 6) is 0.825. The highest BCUT2D eigenvalue weighted by Crippen LogP contribution is 2.41. The molecule has 0 saturated heterocycles. The van der Waals surface area contributed by atoms with Gasteiger partial charge in [0.25, 0.3) is 0 Å². The molecule has 2 aromatic heterocycles. The molecule has 0 aliphatic heterocycles. The van der Waals surface area contributed by atoms with Gasteiger partial charge in [-0.25, -0.2) is 0 Å². The fourth-order valence-electron chi connectivity index (χ4n) is 6.84. The average molecular weight is 607 g/mol. The van der Waals surface area contributed by atoms with Crippen molar-refractivity contribution in [3.8, 4) is 22.6 Å². The largest absolute Gasteiger partial charge is 0.497 e. The zero-order chi connectivity index (χ0) is 31.3. The van der Waals surface area contributed by atoms with Crippen molar-refractivity contribution >= 4 is 60.8 Å². The Labute approximate surface area is 272 Å². The van der Waals surface area contributed by atoms with E-state index in [1.807, 2.05) is 30.3 Å². The van der Waals surface area contributed by atoms with Crippen LogP contribution in [0.2, 0.25) is 0 Å². The third-order valence-corrected chi connectivity index (χ3v) is 9.10. The van der Waals surface area contributed by atoms with Crippen molar-refractivity contribution in [1.82, 2.24) is 4.57 Å². The van der Waals surface area contributed by atoms with Gasteiger partial charge in [0, 0.05) is 44.3 Å². The molecular weight excluding hydrogens is 576 g/mol. The van der Waals surface area contributed by atoms with Gasteiger partial charge in [-0.1, -0.05) is 84.9 Å². The zero-order valence-electron chi connectivity index (χ0n) is 25.8. The lowest BCUT2D eigenvalue weighted by molar-refractivity contribution is 0.415. The molecule has 0 aliphatic rings. The lowest BCUT2D eigenvalue weighted by Gasteiger charge is -2.26. The third-order valence-electron chi connectivity index (χ3n) is 9.10. The summed E-state index contributed by atoms with van der Waals surface area (Å²) in [7, 11) is 1.70. The van der Waals surface area contributed by atoms with E-state index < -0.39 is 0 Å². The summed E-state index contributed by atoms with van der Waals surface area (Å²) in [5, 5.41) is 4.65. The van der Waals surface area contributed by atoms with Gasteiger partial charge in [-0.15, -0.1) is 0 Å². The number of hydrogen-bond donors (Lipinski definition) is 0. The molecular formula is C43H30N2O2. The number of anilines is 3. The van der Waals surface area contributed by atoms with Gasteiger partial charge >= 0.3 is 0 Å². The molecule has 0 spiro atoms. The molecule has 0 amide bonds. The minimum Gasteiger partial charge on any atom is -0.497 e. The Hall–Kier alpha value is -6.26. The number of hydrogen-bond acceptors (Lipinski definition) is 3. The minimum absolute atomic E-state index is 0.825. The highest BCUT2D eigenvalue weighted by Gasteiger charge is 2.18. The fraction of sp³-hybridized carbons (Fsp3) is 0.0233. The Morgan fingerprint density at radius 2 is 1.09 bits per heavy atom. The van der Waals surface area contributed by atoms with Crippen molar-refractivity contribution in [1.29, 1.82) is 0 Å². The Morgan fingerprint density at radius 3 is 1.87 bits per heavy atom. The number of furan rings is 1. The van der Waals surface area contributed by atoms with Crippen LogP contribution in [-0.2, 0) is 0 Å². The van der Waals surface area contributed by atoms with E-state index in [-0.39, 0.29) is 0 Å². The van der Waals surface area contributed by atoms with Crippen LogP contribution in [0, 0.1) is 0 Å². The number of aromatic nitrogens is 1. The maximum Gasteiger partial charge on any atom is 0.135 e. The minimum atomic E-state index is 0.825. The monoisotopic (exact) mass is 606 g/mol. The van der Waals surface area contributed by atoms with Crippen molar-refractivity contribution < 1.29 is 9.15 Å². The van der Waals surface area contributed by atoms with Gasteiger partial charge < -0.3 is 18.6 Å². The van der Waals surface area contributed by atoms with Crippen molar-refractivity contribution in [2.24, 2.45) is 0 Å². The molecule has 0 radical (unpaired) electrons. The number of fused-ring (bicyclic) bond motifs is 6. The van der Waals surface area contributed by atoms with Crippen LogP contribution >= 0.6 is 0 Å². The Kier molecular flexibility index (Phi) is 6.32. The SMILES string of the molecule is COc1ccc(N(c2ccc(-c3ccccc3)cc2)c2ccc3c4ccccc4n(-c4ccc5oc6ccccc6c5c4)c3c2)cc1. The maximum atomic E-state index is 6.18. The molecule has 0 fully saturated rings. The number of ether oxygens (including phenoxy) is 1. The smallest absolute Gasteiger partial charge is 0.135 e. The fourth-order valence-corrected chi connectivity index (χ4v) is 6.84. The highest BCUT2D eigenvalue weighted by atomic mass is 16.5.